The Hall–Kier alpha value is -3.80. The van der Waals surface area contributed by atoms with Crippen molar-refractivity contribution in [2.75, 3.05) is 19.7 Å². The molecular formula is C40H50BrN3O7. The number of aliphatic hydroxyl groups excluding tert-OH is 1. The molecule has 3 heterocycles. The van der Waals surface area contributed by atoms with Crippen molar-refractivity contribution in [3.05, 3.63) is 97.1 Å². The minimum atomic E-state index is -1.25. The van der Waals surface area contributed by atoms with Crippen LogP contribution in [0.15, 0.2) is 86.0 Å². The number of nitrogens with one attached hydrogen (secondary N) is 1. The Kier molecular flexibility index (Phi) is 13.3. The lowest BCUT2D eigenvalue weighted by Gasteiger charge is -2.37. The van der Waals surface area contributed by atoms with Crippen molar-refractivity contribution >= 4 is 39.6 Å². The van der Waals surface area contributed by atoms with Crippen molar-refractivity contribution in [2.45, 2.75) is 93.1 Å². The molecular weight excluding hydrogens is 714 g/mol. The molecule has 0 aromatic heterocycles. The van der Waals surface area contributed by atoms with Gasteiger partial charge in [-0.05, 0) is 43.7 Å². The Labute approximate surface area is 309 Å². The van der Waals surface area contributed by atoms with Gasteiger partial charge < -0.3 is 29.7 Å². The third kappa shape index (κ3) is 8.31. The second-order valence-corrected chi connectivity index (χ2v) is 15.0. The number of fused-ring (bicyclic) bond motifs is 1. The van der Waals surface area contributed by atoms with Crippen LogP contribution in [0.4, 0.5) is 0 Å². The zero-order valence-corrected chi connectivity index (χ0v) is 30.9. The van der Waals surface area contributed by atoms with Gasteiger partial charge in [0.1, 0.15) is 17.7 Å². The summed E-state index contributed by atoms with van der Waals surface area (Å²) in [5.74, 6) is -3.23. The first-order valence-corrected chi connectivity index (χ1v) is 18.9. The highest BCUT2D eigenvalue weighted by molar-refractivity contribution is 9.09. The molecule has 10 nitrogen and oxygen atoms in total. The molecule has 0 aliphatic carbocycles. The molecule has 274 valence electrons. The fraction of sp³-hybridized carbons (Fsp3) is 0.500. The number of nitrogens with zero attached hydrogens (tertiary/aromatic N) is 2. The summed E-state index contributed by atoms with van der Waals surface area (Å²) in [6.45, 7) is 10.4. The van der Waals surface area contributed by atoms with Crippen molar-refractivity contribution in [1.82, 2.24) is 15.1 Å². The van der Waals surface area contributed by atoms with Crippen molar-refractivity contribution in [3.8, 4) is 0 Å². The van der Waals surface area contributed by atoms with Gasteiger partial charge in [0.15, 0.2) is 0 Å². The van der Waals surface area contributed by atoms with E-state index in [1.807, 2.05) is 60.7 Å². The van der Waals surface area contributed by atoms with Crippen molar-refractivity contribution in [2.24, 2.45) is 11.8 Å². The molecule has 0 radical (unpaired) electrons. The van der Waals surface area contributed by atoms with E-state index in [1.165, 1.54) is 0 Å². The maximum Gasteiger partial charge on any atom is 0.313 e. The number of hydrogen-bond donors (Lipinski definition) is 2. The molecule has 5 rings (SSSR count). The Bertz CT molecular complexity index is 1540. The highest BCUT2D eigenvalue weighted by Gasteiger charge is 2.77. The van der Waals surface area contributed by atoms with Gasteiger partial charge in [-0.3, -0.25) is 19.2 Å². The molecule has 3 saturated heterocycles. The normalized spacial score (nSPS) is 25.9. The number of unbranched alkanes of at least 4 members (excludes halogenated alkanes) is 3. The van der Waals surface area contributed by atoms with E-state index in [-0.39, 0.29) is 42.1 Å². The fourth-order valence-corrected chi connectivity index (χ4v) is 8.91. The Morgan fingerprint density at radius 1 is 1.08 bits per heavy atom. The molecule has 3 fully saturated rings. The van der Waals surface area contributed by atoms with E-state index in [9.17, 15) is 24.3 Å². The van der Waals surface area contributed by atoms with Gasteiger partial charge in [-0.2, -0.15) is 0 Å². The van der Waals surface area contributed by atoms with Crippen LogP contribution in [0.3, 0.4) is 0 Å². The Morgan fingerprint density at radius 3 is 2.43 bits per heavy atom. The molecule has 11 heteroatoms. The second-order valence-electron chi connectivity index (χ2n) is 13.8. The van der Waals surface area contributed by atoms with E-state index in [0.717, 1.165) is 18.4 Å². The summed E-state index contributed by atoms with van der Waals surface area (Å²) in [7, 11) is 0. The molecule has 3 amide bonds. The van der Waals surface area contributed by atoms with Crippen LogP contribution in [0.25, 0.3) is 0 Å². The third-order valence-corrected chi connectivity index (χ3v) is 11.1. The molecule has 0 saturated carbocycles. The van der Waals surface area contributed by atoms with Crippen molar-refractivity contribution in [3.63, 3.8) is 0 Å². The smallest absolute Gasteiger partial charge is 0.313 e. The zero-order valence-electron chi connectivity index (χ0n) is 29.3. The van der Waals surface area contributed by atoms with Crippen LogP contribution >= 0.6 is 15.9 Å². The molecule has 1 unspecified atom stereocenters. The van der Waals surface area contributed by atoms with Gasteiger partial charge in [0.05, 0.1) is 24.0 Å². The number of hydrogen-bond acceptors (Lipinski definition) is 7. The third-order valence-electron chi connectivity index (χ3n) is 10.3. The molecule has 3 aliphatic heterocycles. The van der Waals surface area contributed by atoms with Crippen LogP contribution in [0.2, 0.25) is 0 Å². The van der Waals surface area contributed by atoms with Crippen molar-refractivity contribution < 1.29 is 33.8 Å². The van der Waals surface area contributed by atoms with Crippen LogP contribution < -0.4 is 5.32 Å². The maximum atomic E-state index is 14.8. The first kappa shape index (κ1) is 38.4. The number of amides is 3. The number of allylic oxidation sites excluding steroid dienone is 1. The van der Waals surface area contributed by atoms with Gasteiger partial charge >= 0.3 is 5.97 Å². The van der Waals surface area contributed by atoms with Crippen LogP contribution in [0, 0.1) is 11.8 Å². The zero-order chi connectivity index (χ0) is 36.5. The van der Waals surface area contributed by atoms with E-state index in [1.54, 1.807) is 28.9 Å². The predicted molar refractivity (Wildman–Crippen MR) is 197 cm³/mol. The molecule has 3 aliphatic rings. The first-order chi connectivity index (χ1) is 24.7. The largest absolute Gasteiger partial charge is 0.455 e. The number of aliphatic hydroxyl groups is 1. The number of ether oxygens (including phenoxy) is 2. The lowest BCUT2D eigenvalue weighted by molar-refractivity contribution is -0.162. The van der Waals surface area contributed by atoms with Gasteiger partial charge in [-0.1, -0.05) is 102 Å². The van der Waals surface area contributed by atoms with E-state index in [2.05, 4.69) is 34.4 Å². The summed E-state index contributed by atoms with van der Waals surface area (Å²) in [5.41, 5.74) is 0.397. The number of benzene rings is 2. The van der Waals surface area contributed by atoms with Gasteiger partial charge in [0.25, 0.3) is 0 Å². The van der Waals surface area contributed by atoms with Crippen LogP contribution in [-0.4, -0.2) is 86.9 Å². The molecule has 51 heavy (non-hydrogen) atoms. The van der Waals surface area contributed by atoms with Gasteiger partial charge in [-0.15, -0.1) is 13.2 Å². The van der Waals surface area contributed by atoms with Crippen LogP contribution in [0.5, 0.6) is 0 Å². The Morgan fingerprint density at radius 2 is 1.76 bits per heavy atom. The standard InChI is InChI=1S/C40H50BrN3O7/c1-4-6-21-31(46)42-27(3)34(29-19-13-10-14-20-29)50-39(49)32-33-37(47)44(23-15-7-8-16-24-45)36(40(33)25-30(41)35(32)51-40)38(48)43(22-5-2)26-28-17-11-9-12-18-28/h4-5,9-14,17-20,27,30,32-36,45H,1-2,6-8,15-16,21-26H2,3H3,(H,42,46)/t27-,30?,32-,33+,34-,35-,36-,40+/m1/s1. The summed E-state index contributed by atoms with van der Waals surface area (Å²) in [6.07, 6.45) is 5.83. The van der Waals surface area contributed by atoms with Gasteiger partial charge in [0, 0.05) is 37.5 Å². The second kappa shape index (κ2) is 17.6. The topological polar surface area (TPSA) is 125 Å². The minimum Gasteiger partial charge on any atom is -0.455 e. The molecule has 1 spiro atoms. The SMILES string of the molecule is C=CCCC(=O)N[C@H](C)[C@@H](OC(=O)[C@H]1[C@@H]2O[C@@]3(CC2Br)[C@@H]1C(=O)N(CCCCCCO)[C@@H]3C(=O)N(CC=C)Cc1ccccc1)c1ccccc1. The Balaban J connectivity index is 1.46. The first-order valence-electron chi connectivity index (χ1n) is 18.0. The van der Waals surface area contributed by atoms with Crippen LogP contribution in [-0.2, 0) is 35.2 Å². The van der Waals surface area contributed by atoms with E-state index < -0.39 is 47.7 Å². The van der Waals surface area contributed by atoms with E-state index in [0.29, 0.717) is 44.3 Å². The molecule has 2 aromatic carbocycles. The number of halogens is 1. The van der Waals surface area contributed by atoms with E-state index in [4.69, 9.17) is 9.47 Å². The lowest BCUT2D eigenvalue weighted by Crippen LogP contribution is -2.56. The quantitative estimate of drug-likeness (QED) is 0.0867. The predicted octanol–water partition coefficient (Wildman–Crippen LogP) is 5.26. The number of carbonyl (C=O) groups is 4. The summed E-state index contributed by atoms with van der Waals surface area (Å²) < 4.78 is 13.0. The van der Waals surface area contributed by atoms with Gasteiger partial charge in [0.2, 0.25) is 17.7 Å². The fourth-order valence-electron chi connectivity index (χ4n) is 7.97. The number of carbonyl (C=O) groups excluding carboxylic acids is 4. The monoisotopic (exact) mass is 763 g/mol. The maximum absolute atomic E-state index is 14.8. The number of likely N-dealkylation sites (tertiary alicyclic amines) is 1. The number of rotatable bonds is 19. The molecule has 2 N–H and O–H groups in total. The summed E-state index contributed by atoms with van der Waals surface area (Å²) in [4.78, 5) is 59.6. The van der Waals surface area contributed by atoms with Crippen LogP contribution in [0.1, 0.15) is 69.1 Å². The van der Waals surface area contributed by atoms with Crippen molar-refractivity contribution in [1.29, 1.82) is 0 Å². The average molecular weight is 765 g/mol. The highest BCUT2D eigenvalue weighted by atomic mass is 79.9. The molecule has 8 atom stereocenters. The highest BCUT2D eigenvalue weighted by Crippen LogP contribution is 2.60. The lowest BCUT2D eigenvalue weighted by atomic mass is 9.70. The average Bonchev–Trinajstić information content (AvgIpc) is 3.72. The number of alkyl halides is 1. The minimum absolute atomic E-state index is 0.0949. The number of esters is 1. The molecule has 2 bridgehead atoms. The summed E-state index contributed by atoms with van der Waals surface area (Å²) in [6, 6.07) is 17.4. The van der Waals surface area contributed by atoms with E-state index >= 15 is 0 Å². The van der Waals surface area contributed by atoms with Gasteiger partial charge in [-0.25, -0.2) is 0 Å². The summed E-state index contributed by atoms with van der Waals surface area (Å²) >= 11 is 3.76. The molecule has 2 aromatic rings. The summed E-state index contributed by atoms with van der Waals surface area (Å²) in [5, 5.41) is 12.3.